The summed E-state index contributed by atoms with van der Waals surface area (Å²) in [7, 11) is -2.43. The molecule has 0 aliphatic carbocycles. The minimum atomic E-state index is -4.10. The van der Waals surface area contributed by atoms with Gasteiger partial charge in [0.05, 0.1) is 36.0 Å². The highest BCUT2D eigenvalue weighted by molar-refractivity contribution is 7.89. The van der Waals surface area contributed by atoms with Crippen molar-refractivity contribution in [3.05, 3.63) is 46.5 Å². The Balaban J connectivity index is 2.12. The Hall–Kier alpha value is -3.71. The molecule has 212 valence electrons. The van der Waals surface area contributed by atoms with Gasteiger partial charge in [-0.25, -0.2) is 13.4 Å². The summed E-state index contributed by atoms with van der Waals surface area (Å²) < 4.78 is 40.6. The van der Waals surface area contributed by atoms with Gasteiger partial charge in [0.25, 0.3) is 15.6 Å². The summed E-state index contributed by atoms with van der Waals surface area (Å²) in [6, 6.07) is 4.36. The number of aliphatic hydroxyl groups is 1. The average molecular weight is 562 g/mol. The van der Waals surface area contributed by atoms with E-state index in [9.17, 15) is 23.1 Å². The SMILES string of the molecule is CCCOc1ccc(S(=O)(=O)N(/C=C\CO)CCCOC(C)=O)cc1-c1nc2c(CCC)nn(C)c2c(=O)[nH]1. The van der Waals surface area contributed by atoms with E-state index in [1.807, 2.05) is 13.8 Å². The van der Waals surface area contributed by atoms with Crippen LogP contribution in [0.5, 0.6) is 5.75 Å². The molecule has 0 radical (unpaired) electrons. The number of nitrogens with one attached hydrogen (secondary N) is 1. The normalized spacial score (nSPS) is 11.8. The second-order valence-corrected chi connectivity index (χ2v) is 10.7. The maximum absolute atomic E-state index is 13.6. The number of benzene rings is 1. The van der Waals surface area contributed by atoms with Crippen molar-refractivity contribution in [2.75, 3.05) is 26.4 Å². The molecule has 0 aliphatic rings. The number of esters is 1. The third kappa shape index (κ3) is 7.03. The van der Waals surface area contributed by atoms with Crippen molar-refractivity contribution >= 4 is 27.0 Å². The summed E-state index contributed by atoms with van der Waals surface area (Å²) in [5.41, 5.74) is 1.36. The van der Waals surface area contributed by atoms with Crippen LogP contribution in [0, 0.1) is 0 Å². The molecule has 0 aliphatic heterocycles. The van der Waals surface area contributed by atoms with Crippen LogP contribution in [0.25, 0.3) is 22.4 Å². The van der Waals surface area contributed by atoms with Gasteiger partial charge in [0.1, 0.15) is 17.1 Å². The summed E-state index contributed by atoms with van der Waals surface area (Å²) >= 11 is 0. The first-order chi connectivity index (χ1) is 18.6. The quantitative estimate of drug-likeness (QED) is 0.223. The van der Waals surface area contributed by atoms with Crippen LogP contribution in [-0.4, -0.2) is 69.9 Å². The molecule has 0 unspecified atom stereocenters. The molecule has 0 saturated carbocycles. The van der Waals surface area contributed by atoms with E-state index >= 15 is 0 Å². The van der Waals surface area contributed by atoms with Gasteiger partial charge in [-0.15, -0.1) is 0 Å². The van der Waals surface area contributed by atoms with Crippen molar-refractivity contribution in [2.24, 2.45) is 7.05 Å². The van der Waals surface area contributed by atoms with Crippen LogP contribution in [0.2, 0.25) is 0 Å². The zero-order valence-electron chi connectivity index (χ0n) is 22.6. The Bertz CT molecular complexity index is 1490. The Morgan fingerprint density at radius 3 is 2.67 bits per heavy atom. The molecule has 0 fully saturated rings. The molecule has 12 nitrogen and oxygen atoms in total. The van der Waals surface area contributed by atoms with Crippen LogP contribution >= 0.6 is 0 Å². The number of sulfonamides is 1. The largest absolute Gasteiger partial charge is 0.493 e. The second-order valence-electron chi connectivity index (χ2n) is 8.82. The molecule has 2 heterocycles. The minimum absolute atomic E-state index is 0.00659. The maximum atomic E-state index is 13.6. The topological polar surface area (TPSA) is 157 Å². The number of aliphatic hydroxyl groups excluding tert-OH is 1. The molecule has 0 spiro atoms. The number of aromatic amines is 1. The predicted molar refractivity (Wildman–Crippen MR) is 146 cm³/mol. The van der Waals surface area contributed by atoms with Gasteiger partial charge >= 0.3 is 5.97 Å². The molecule has 39 heavy (non-hydrogen) atoms. The number of carbonyl (C=O) groups is 1. The van der Waals surface area contributed by atoms with E-state index in [-0.39, 0.29) is 36.9 Å². The van der Waals surface area contributed by atoms with Gasteiger partial charge in [0, 0.05) is 33.1 Å². The zero-order chi connectivity index (χ0) is 28.6. The van der Waals surface area contributed by atoms with E-state index in [0.717, 1.165) is 10.7 Å². The minimum Gasteiger partial charge on any atom is -0.493 e. The average Bonchev–Trinajstić information content (AvgIpc) is 3.22. The molecule has 1 aromatic carbocycles. The molecule has 2 N–H and O–H groups in total. The van der Waals surface area contributed by atoms with E-state index < -0.39 is 21.6 Å². The highest BCUT2D eigenvalue weighted by Crippen LogP contribution is 2.32. The lowest BCUT2D eigenvalue weighted by Crippen LogP contribution is -2.28. The number of H-pyrrole nitrogens is 1. The van der Waals surface area contributed by atoms with E-state index in [0.29, 0.717) is 47.5 Å². The van der Waals surface area contributed by atoms with Crippen molar-refractivity contribution in [3.63, 3.8) is 0 Å². The monoisotopic (exact) mass is 561 g/mol. The van der Waals surface area contributed by atoms with Crippen molar-refractivity contribution in [3.8, 4) is 17.1 Å². The van der Waals surface area contributed by atoms with Gasteiger partial charge in [-0.2, -0.15) is 5.10 Å². The number of aromatic nitrogens is 4. The number of ether oxygens (including phenoxy) is 2. The Morgan fingerprint density at radius 1 is 1.23 bits per heavy atom. The summed E-state index contributed by atoms with van der Waals surface area (Å²) in [4.78, 5) is 31.5. The van der Waals surface area contributed by atoms with Crippen LogP contribution < -0.4 is 10.3 Å². The molecular formula is C26H35N5O7S. The smallest absolute Gasteiger partial charge is 0.302 e. The lowest BCUT2D eigenvalue weighted by molar-refractivity contribution is -0.141. The fourth-order valence-electron chi connectivity index (χ4n) is 3.98. The molecule has 0 bridgehead atoms. The molecular weight excluding hydrogens is 526 g/mol. The van der Waals surface area contributed by atoms with Gasteiger partial charge in [0.15, 0.2) is 5.52 Å². The second kappa shape index (κ2) is 13.4. The van der Waals surface area contributed by atoms with Crippen LogP contribution in [-0.2, 0) is 33.0 Å². The van der Waals surface area contributed by atoms with Gasteiger partial charge < -0.3 is 19.6 Å². The summed E-state index contributed by atoms with van der Waals surface area (Å²) in [6.07, 6.45) is 4.96. The first-order valence-electron chi connectivity index (χ1n) is 12.8. The fourth-order valence-corrected chi connectivity index (χ4v) is 5.38. The number of hydrogen-bond donors (Lipinski definition) is 2. The molecule has 0 amide bonds. The Kier molecular flexibility index (Phi) is 10.2. The van der Waals surface area contributed by atoms with Crippen molar-refractivity contribution < 1.29 is 27.8 Å². The lowest BCUT2D eigenvalue weighted by Gasteiger charge is -2.21. The van der Waals surface area contributed by atoms with Gasteiger partial charge in [-0.3, -0.25) is 18.6 Å². The highest BCUT2D eigenvalue weighted by atomic mass is 32.2. The van der Waals surface area contributed by atoms with E-state index in [2.05, 4.69) is 15.1 Å². The molecule has 0 saturated heterocycles. The molecule has 2 aromatic heterocycles. The summed E-state index contributed by atoms with van der Waals surface area (Å²) in [5.74, 6) is 0.0663. The standard InChI is InChI=1S/C26H35N5O7S/c1-5-9-21-23-24(30(4)29-21)26(34)28-25(27-23)20-17-19(10-11-22(20)38-15-6-2)39(35,36)31(12-7-14-32)13-8-16-37-18(3)33/h7,10-12,17,32H,5-6,8-9,13-16H2,1-4H3,(H,27,28,34)/b12-7-. The van der Waals surface area contributed by atoms with Crippen LogP contribution in [0.15, 0.2) is 40.2 Å². The third-order valence-electron chi connectivity index (χ3n) is 5.73. The number of rotatable bonds is 14. The number of carbonyl (C=O) groups excluding carboxylic acids is 1. The molecule has 13 heteroatoms. The zero-order valence-corrected chi connectivity index (χ0v) is 23.5. The predicted octanol–water partition coefficient (Wildman–Crippen LogP) is 2.51. The van der Waals surface area contributed by atoms with Gasteiger partial charge in [0.2, 0.25) is 0 Å². The molecule has 0 atom stereocenters. The molecule has 3 rings (SSSR count). The van der Waals surface area contributed by atoms with Gasteiger partial charge in [-0.1, -0.05) is 20.3 Å². The first kappa shape index (κ1) is 29.8. The lowest BCUT2D eigenvalue weighted by atomic mass is 10.1. The van der Waals surface area contributed by atoms with E-state index in [1.54, 1.807) is 7.05 Å². The van der Waals surface area contributed by atoms with Crippen LogP contribution in [0.3, 0.4) is 0 Å². The number of nitrogens with zero attached hydrogens (tertiary/aromatic N) is 4. The fraction of sp³-hybridized carbons (Fsp3) is 0.462. The number of fused-ring (bicyclic) bond motifs is 1. The van der Waals surface area contributed by atoms with E-state index in [1.165, 1.54) is 42.1 Å². The Labute approximate surface area is 227 Å². The number of hydrogen-bond acceptors (Lipinski definition) is 9. The van der Waals surface area contributed by atoms with Crippen molar-refractivity contribution in [2.45, 2.75) is 51.3 Å². The van der Waals surface area contributed by atoms with E-state index in [4.69, 9.17) is 9.47 Å². The van der Waals surface area contributed by atoms with Crippen LogP contribution in [0.4, 0.5) is 0 Å². The highest BCUT2D eigenvalue weighted by Gasteiger charge is 2.25. The van der Waals surface area contributed by atoms with Crippen molar-refractivity contribution in [1.82, 2.24) is 24.1 Å². The van der Waals surface area contributed by atoms with Gasteiger partial charge in [-0.05, 0) is 37.1 Å². The van der Waals surface area contributed by atoms with Crippen molar-refractivity contribution in [1.29, 1.82) is 0 Å². The van der Waals surface area contributed by atoms with Crippen LogP contribution in [0.1, 0.15) is 45.7 Å². The number of aryl methyl sites for hydroxylation is 2. The first-order valence-corrected chi connectivity index (χ1v) is 14.2. The molecule has 3 aromatic rings. The maximum Gasteiger partial charge on any atom is 0.302 e. The summed E-state index contributed by atoms with van der Waals surface area (Å²) in [5, 5.41) is 13.7. The third-order valence-corrected chi connectivity index (χ3v) is 7.50. The Morgan fingerprint density at radius 2 is 2.00 bits per heavy atom. The summed E-state index contributed by atoms with van der Waals surface area (Å²) in [6.45, 7) is 5.28.